The molecule has 0 saturated heterocycles. The highest BCUT2D eigenvalue weighted by atomic mass is 16.3. The molecule has 0 saturated carbocycles. The lowest BCUT2D eigenvalue weighted by atomic mass is 10.2. The molecule has 0 atom stereocenters. The topological polar surface area (TPSA) is 87.2 Å². The van der Waals surface area contributed by atoms with Crippen LogP contribution in [0.5, 0.6) is 11.6 Å². The first-order valence-electron chi connectivity index (χ1n) is 7.17. The Morgan fingerprint density at radius 1 is 1.09 bits per heavy atom. The quantitative estimate of drug-likeness (QED) is 0.717. The summed E-state index contributed by atoms with van der Waals surface area (Å²) in [5, 5.41) is 28.2. The minimum absolute atomic E-state index is 0.0393. The molecule has 0 bridgehead atoms. The Morgan fingerprint density at radius 2 is 1.78 bits per heavy atom. The van der Waals surface area contributed by atoms with Gasteiger partial charge < -0.3 is 14.8 Å². The van der Waals surface area contributed by atoms with Crippen molar-refractivity contribution in [2.75, 3.05) is 0 Å². The summed E-state index contributed by atoms with van der Waals surface area (Å²) in [6.45, 7) is 2.47. The molecular formula is C17H15N3O3. The Labute approximate surface area is 132 Å². The molecule has 1 aromatic heterocycles. The third kappa shape index (κ3) is 2.55. The molecule has 6 heteroatoms. The number of phenols is 1. The second-order valence-electron chi connectivity index (χ2n) is 4.96. The number of aromatic hydroxyl groups is 2. The zero-order valence-corrected chi connectivity index (χ0v) is 12.5. The van der Waals surface area contributed by atoms with Crippen molar-refractivity contribution in [3.63, 3.8) is 0 Å². The summed E-state index contributed by atoms with van der Waals surface area (Å²) in [6, 6.07) is 13.5. The van der Waals surface area contributed by atoms with Crippen molar-refractivity contribution >= 4 is 22.5 Å². The molecule has 3 aromatic rings. The zero-order chi connectivity index (χ0) is 16.4. The molecule has 0 aliphatic rings. The lowest BCUT2D eigenvalue weighted by molar-refractivity contribution is 0.0992. The molecule has 0 unspecified atom stereocenters. The number of rotatable bonds is 3. The summed E-state index contributed by atoms with van der Waals surface area (Å²) in [6.07, 6.45) is 0. The summed E-state index contributed by atoms with van der Waals surface area (Å²) < 4.78 is 1.69. The second-order valence-corrected chi connectivity index (χ2v) is 4.96. The first-order valence-corrected chi connectivity index (χ1v) is 7.17. The van der Waals surface area contributed by atoms with Crippen LogP contribution in [0.1, 0.15) is 17.3 Å². The van der Waals surface area contributed by atoms with Crippen molar-refractivity contribution < 1.29 is 15.0 Å². The van der Waals surface area contributed by atoms with E-state index in [0.29, 0.717) is 11.9 Å². The van der Waals surface area contributed by atoms with Crippen LogP contribution in [0.25, 0.3) is 10.9 Å². The van der Waals surface area contributed by atoms with Gasteiger partial charge in [0, 0.05) is 11.9 Å². The molecule has 0 aliphatic heterocycles. The number of benzene rings is 2. The van der Waals surface area contributed by atoms with E-state index in [1.54, 1.807) is 22.8 Å². The molecule has 0 radical (unpaired) electrons. The van der Waals surface area contributed by atoms with E-state index in [4.69, 9.17) is 0 Å². The first kappa shape index (κ1) is 14.8. The molecule has 1 amide bonds. The molecular weight excluding hydrogens is 294 g/mol. The standard InChI is InChI=1S/C17H15N3O3/c1-2-20-13-9-5-3-7-11(13)15(17(20)23)18-19-16(22)12-8-4-6-10-14(12)21/h3-10,21,23H,2H2,1H3. The van der Waals surface area contributed by atoms with Crippen molar-refractivity contribution in [2.24, 2.45) is 10.2 Å². The number of amides is 1. The molecule has 116 valence electrons. The fourth-order valence-electron chi connectivity index (χ4n) is 2.49. The van der Waals surface area contributed by atoms with E-state index in [1.807, 2.05) is 25.1 Å². The Morgan fingerprint density at radius 3 is 2.52 bits per heavy atom. The van der Waals surface area contributed by atoms with E-state index in [2.05, 4.69) is 10.2 Å². The van der Waals surface area contributed by atoms with Crippen LogP contribution in [0, 0.1) is 0 Å². The maximum absolute atomic E-state index is 12.1. The number of azo groups is 1. The number of hydrogen-bond donors (Lipinski definition) is 2. The highest BCUT2D eigenvalue weighted by Crippen LogP contribution is 2.38. The lowest BCUT2D eigenvalue weighted by Crippen LogP contribution is -1.93. The summed E-state index contributed by atoms with van der Waals surface area (Å²) in [5.41, 5.74) is 1.12. The van der Waals surface area contributed by atoms with Crippen LogP contribution in [-0.2, 0) is 6.54 Å². The average molecular weight is 309 g/mol. The van der Waals surface area contributed by atoms with Crippen molar-refractivity contribution in [3.05, 3.63) is 54.1 Å². The third-order valence-corrected chi connectivity index (χ3v) is 3.61. The largest absolute Gasteiger partial charge is 0.507 e. The fraction of sp³-hybridized carbons (Fsp3) is 0.118. The van der Waals surface area contributed by atoms with Crippen LogP contribution in [0.4, 0.5) is 5.69 Å². The van der Waals surface area contributed by atoms with E-state index in [1.165, 1.54) is 12.1 Å². The monoisotopic (exact) mass is 309 g/mol. The van der Waals surface area contributed by atoms with Crippen molar-refractivity contribution in [3.8, 4) is 11.6 Å². The molecule has 2 N–H and O–H groups in total. The van der Waals surface area contributed by atoms with E-state index in [-0.39, 0.29) is 22.9 Å². The first-order chi connectivity index (χ1) is 11.1. The predicted molar refractivity (Wildman–Crippen MR) is 86.2 cm³/mol. The minimum atomic E-state index is -0.671. The summed E-state index contributed by atoms with van der Waals surface area (Å²) in [7, 11) is 0. The molecule has 6 nitrogen and oxygen atoms in total. The third-order valence-electron chi connectivity index (χ3n) is 3.61. The van der Waals surface area contributed by atoms with Crippen LogP contribution in [0.2, 0.25) is 0 Å². The van der Waals surface area contributed by atoms with Gasteiger partial charge in [-0.15, -0.1) is 10.2 Å². The molecule has 23 heavy (non-hydrogen) atoms. The molecule has 0 spiro atoms. The van der Waals surface area contributed by atoms with Gasteiger partial charge in [0.1, 0.15) is 5.75 Å². The smallest absolute Gasteiger partial charge is 0.299 e. The maximum atomic E-state index is 12.1. The number of para-hydroxylation sites is 2. The molecule has 0 aliphatic carbocycles. The van der Waals surface area contributed by atoms with Gasteiger partial charge in [-0.25, -0.2) is 0 Å². The van der Waals surface area contributed by atoms with Gasteiger partial charge in [-0.05, 0) is 25.1 Å². The summed E-state index contributed by atoms with van der Waals surface area (Å²) in [5.74, 6) is -0.866. The highest BCUT2D eigenvalue weighted by Gasteiger charge is 2.16. The van der Waals surface area contributed by atoms with Gasteiger partial charge >= 0.3 is 0 Å². The minimum Gasteiger partial charge on any atom is -0.507 e. The van der Waals surface area contributed by atoms with Crippen LogP contribution < -0.4 is 0 Å². The van der Waals surface area contributed by atoms with E-state index in [9.17, 15) is 15.0 Å². The Bertz CT molecular complexity index is 913. The number of carbonyl (C=O) groups is 1. The maximum Gasteiger partial charge on any atom is 0.299 e. The van der Waals surface area contributed by atoms with Crippen molar-refractivity contribution in [2.45, 2.75) is 13.5 Å². The average Bonchev–Trinajstić information content (AvgIpc) is 2.84. The van der Waals surface area contributed by atoms with Crippen molar-refractivity contribution in [1.82, 2.24) is 4.57 Å². The van der Waals surface area contributed by atoms with E-state index < -0.39 is 5.91 Å². The van der Waals surface area contributed by atoms with Gasteiger partial charge in [0.05, 0.1) is 11.1 Å². The summed E-state index contributed by atoms with van der Waals surface area (Å²) >= 11 is 0. The van der Waals surface area contributed by atoms with Crippen LogP contribution in [-0.4, -0.2) is 20.7 Å². The highest BCUT2D eigenvalue weighted by molar-refractivity contribution is 5.98. The summed E-state index contributed by atoms with van der Waals surface area (Å²) in [4.78, 5) is 12.1. The Hall–Kier alpha value is -3.15. The van der Waals surface area contributed by atoms with E-state index in [0.717, 1.165) is 5.52 Å². The molecule has 1 heterocycles. The Balaban J connectivity index is 2.03. The molecule has 2 aromatic carbocycles. The van der Waals surface area contributed by atoms with Crippen molar-refractivity contribution in [1.29, 1.82) is 0 Å². The lowest BCUT2D eigenvalue weighted by Gasteiger charge is -2.01. The molecule has 3 rings (SSSR count). The number of fused-ring (bicyclic) bond motifs is 1. The van der Waals surface area contributed by atoms with Gasteiger partial charge in [0.25, 0.3) is 5.91 Å². The Kier molecular flexibility index (Phi) is 3.80. The van der Waals surface area contributed by atoms with Crippen LogP contribution in [0.3, 0.4) is 0 Å². The van der Waals surface area contributed by atoms with E-state index >= 15 is 0 Å². The number of aromatic nitrogens is 1. The van der Waals surface area contributed by atoms with Gasteiger partial charge in [-0.2, -0.15) is 0 Å². The van der Waals surface area contributed by atoms with Gasteiger partial charge in [0.2, 0.25) is 5.88 Å². The number of hydrogen-bond acceptors (Lipinski definition) is 4. The van der Waals surface area contributed by atoms with Gasteiger partial charge in [-0.1, -0.05) is 30.3 Å². The predicted octanol–water partition coefficient (Wildman–Crippen LogP) is 4.00. The SMILES string of the molecule is CCn1c(O)c(N=NC(=O)c2ccccc2O)c2ccccc21. The molecule has 0 fully saturated rings. The fourth-order valence-corrected chi connectivity index (χ4v) is 2.49. The van der Waals surface area contributed by atoms with Gasteiger partial charge in [-0.3, -0.25) is 4.79 Å². The number of carbonyl (C=O) groups excluding carboxylic acids is 1. The number of phenolic OH excluding ortho intramolecular Hbond substituents is 1. The van der Waals surface area contributed by atoms with Crippen LogP contribution in [0.15, 0.2) is 58.8 Å². The van der Waals surface area contributed by atoms with Crippen LogP contribution >= 0.6 is 0 Å². The normalized spacial score (nSPS) is 11.3. The number of nitrogens with zero attached hydrogens (tertiary/aromatic N) is 3. The zero-order valence-electron chi connectivity index (χ0n) is 12.5. The second kappa shape index (κ2) is 5.92. The number of aryl methyl sites for hydroxylation is 1. The van der Waals surface area contributed by atoms with Gasteiger partial charge in [0.15, 0.2) is 5.69 Å².